The summed E-state index contributed by atoms with van der Waals surface area (Å²) in [6.45, 7) is 6.12. The van der Waals surface area contributed by atoms with Crippen LogP contribution in [0.2, 0.25) is 0 Å². The number of carbonyl (C=O) groups excluding carboxylic acids is 2. The minimum absolute atomic E-state index is 0.0503. The number of carbonyl (C=O) groups is 2. The summed E-state index contributed by atoms with van der Waals surface area (Å²) in [6.07, 6.45) is 3.21. The minimum atomic E-state index is -0.0503. The van der Waals surface area contributed by atoms with Gasteiger partial charge in [0.05, 0.1) is 0 Å². The van der Waals surface area contributed by atoms with Crippen molar-refractivity contribution in [3.05, 3.63) is 29.8 Å². The molecule has 124 valence electrons. The van der Waals surface area contributed by atoms with Crippen molar-refractivity contribution in [3.63, 3.8) is 0 Å². The Kier molecular flexibility index (Phi) is 4.96. The van der Waals surface area contributed by atoms with Crippen LogP contribution in [0.25, 0.3) is 0 Å². The maximum Gasteiger partial charge on any atom is 0.225 e. The average molecular weight is 315 g/mol. The van der Waals surface area contributed by atoms with Crippen molar-refractivity contribution in [1.82, 2.24) is 9.80 Å². The first-order chi connectivity index (χ1) is 11.1. The standard InChI is InChI=1S/C18H25N3O2/c1-14(22)19-17-7-3-15(4-8-17)13-20-9-2-10-21(12-11-20)18(23)16-5-6-16/h3-4,7-8,16H,2,5-6,9-13H2,1H3,(H,19,22). The molecule has 2 fully saturated rings. The molecule has 1 aromatic rings. The van der Waals surface area contributed by atoms with E-state index < -0.39 is 0 Å². The Labute approximate surface area is 137 Å². The highest BCUT2D eigenvalue weighted by molar-refractivity contribution is 5.88. The summed E-state index contributed by atoms with van der Waals surface area (Å²) in [5, 5.41) is 2.78. The van der Waals surface area contributed by atoms with Crippen molar-refractivity contribution in [1.29, 1.82) is 0 Å². The van der Waals surface area contributed by atoms with Gasteiger partial charge in [0.25, 0.3) is 0 Å². The zero-order valence-electron chi connectivity index (χ0n) is 13.8. The van der Waals surface area contributed by atoms with Crippen molar-refractivity contribution in [3.8, 4) is 0 Å². The molecule has 1 aliphatic carbocycles. The Hall–Kier alpha value is -1.88. The van der Waals surface area contributed by atoms with Crippen LogP contribution in [0, 0.1) is 5.92 Å². The van der Waals surface area contributed by atoms with Gasteiger partial charge in [0.1, 0.15) is 0 Å². The third kappa shape index (κ3) is 4.55. The Balaban J connectivity index is 1.51. The fourth-order valence-corrected chi connectivity index (χ4v) is 3.09. The van der Waals surface area contributed by atoms with Gasteiger partial charge >= 0.3 is 0 Å². The molecule has 0 radical (unpaired) electrons. The lowest BCUT2D eigenvalue weighted by Crippen LogP contribution is -2.35. The second kappa shape index (κ2) is 7.13. The van der Waals surface area contributed by atoms with Gasteiger partial charge in [-0.05, 0) is 37.0 Å². The molecule has 0 bridgehead atoms. The molecule has 0 unspecified atom stereocenters. The van der Waals surface area contributed by atoms with Crippen LogP contribution < -0.4 is 5.32 Å². The highest BCUT2D eigenvalue weighted by Crippen LogP contribution is 2.31. The van der Waals surface area contributed by atoms with E-state index in [2.05, 4.69) is 27.2 Å². The van der Waals surface area contributed by atoms with E-state index in [1.807, 2.05) is 12.1 Å². The lowest BCUT2D eigenvalue weighted by atomic mass is 10.2. The Bertz CT molecular complexity index is 566. The molecular weight excluding hydrogens is 290 g/mol. The first kappa shape index (κ1) is 16.0. The van der Waals surface area contributed by atoms with E-state index in [-0.39, 0.29) is 5.91 Å². The lowest BCUT2D eigenvalue weighted by Gasteiger charge is -2.22. The van der Waals surface area contributed by atoms with Crippen LogP contribution in [0.4, 0.5) is 5.69 Å². The highest BCUT2D eigenvalue weighted by atomic mass is 16.2. The van der Waals surface area contributed by atoms with E-state index in [9.17, 15) is 9.59 Å². The molecular formula is C18H25N3O2. The molecule has 5 heteroatoms. The zero-order chi connectivity index (χ0) is 16.2. The molecule has 2 aliphatic rings. The smallest absolute Gasteiger partial charge is 0.225 e. The van der Waals surface area contributed by atoms with Crippen LogP contribution >= 0.6 is 0 Å². The molecule has 1 N–H and O–H groups in total. The predicted octanol–water partition coefficient (Wildman–Crippen LogP) is 2.09. The van der Waals surface area contributed by atoms with Crippen molar-refractivity contribution < 1.29 is 9.59 Å². The number of hydrogen-bond donors (Lipinski definition) is 1. The molecule has 1 heterocycles. The van der Waals surface area contributed by atoms with Gasteiger partial charge < -0.3 is 10.2 Å². The SMILES string of the molecule is CC(=O)Nc1ccc(CN2CCCN(C(=O)C3CC3)CC2)cc1. The highest BCUT2D eigenvalue weighted by Gasteiger charge is 2.33. The van der Waals surface area contributed by atoms with Crippen LogP contribution in [0.3, 0.4) is 0 Å². The van der Waals surface area contributed by atoms with Gasteiger partial charge in [0.2, 0.25) is 11.8 Å². The predicted molar refractivity (Wildman–Crippen MR) is 89.9 cm³/mol. The number of amides is 2. The number of nitrogens with zero attached hydrogens (tertiary/aromatic N) is 2. The third-order valence-electron chi connectivity index (χ3n) is 4.51. The van der Waals surface area contributed by atoms with E-state index in [4.69, 9.17) is 0 Å². The number of rotatable bonds is 4. The fourth-order valence-electron chi connectivity index (χ4n) is 3.09. The Morgan fingerprint density at radius 1 is 1.09 bits per heavy atom. The van der Waals surface area contributed by atoms with E-state index in [1.165, 1.54) is 12.5 Å². The molecule has 0 atom stereocenters. The second-order valence-corrected chi connectivity index (χ2v) is 6.61. The van der Waals surface area contributed by atoms with E-state index in [0.717, 1.165) is 57.7 Å². The van der Waals surface area contributed by atoms with Crippen LogP contribution in [-0.4, -0.2) is 47.8 Å². The van der Waals surface area contributed by atoms with Crippen molar-refractivity contribution in [2.45, 2.75) is 32.7 Å². The third-order valence-corrected chi connectivity index (χ3v) is 4.51. The van der Waals surface area contributed by atoms with E-state index >= 15 is 0 Å². The van der Waals surface area contributed by atoms with Crippen molar-refractivity contribution in [2.75, 3.05) is 31.5 Å². The molecule has 5 nitrogen and oxygen atoms in total. The lowest BCUT2D eigenvalue weighted by molar-refractivity contribution is -0.132. The maximum atomic E-state index is 12.2. The summed E-state index contributed by atoms with van der Waals surface area (Å²) in [4.78, 5) is 27.7. The molecule has 0 spiro atoms. The summed E-state index contributed by atoms with van der Waals surface area (Å²) in [7, 11) is 0. The van der Waals surface area contributed by atoms with Gasteiger partial charge in [0, 0.05) is 51.3 Å². The zero-order valence-corrected chi connectivity index (χ0v) is 13.8. The quantitative estimate of drug-likeness (QED) is 0.925. The monoisotopic (exact) mass is 315 g/mol. The molecule has 1 saturated heterocycles. The molecule has 2 amide bonds. The largest absolute Gasteiger partial charge is 0.341 e. The first-order valence-electron chi connectivity index (χ1n) is 8.49. The molecule has 1 aromatic carbocycles. The Morgan fingerprint density at radius 2 is 1.83 bits per heavy atom. The van der Waals surface area contributed by atoms with E-state index in [0.29, 0.717) is 11.8 Å². The topological polar surface area (TPSA) is 52.7 Å². The molecule has 23 heavy (non-hydrogen) atoms. The summed E-state index contributed by atoms with van der Waals surface area (Å²) in [6, 6.07) is 8.00. The van der Waals surface area contributed by atoms with Gasteiger partial charge in [-0.2, -0.15) is 0 Å². The van der Waals surface area contributed by atoms with Gasteiger partial charge in [-0.1, -0.05) is 12.1 Å². The molecule has 3 rings (SSSR count). The van der Waals surface area contributed by atoms with Gasteiger partial charge in [-0.3, -0.25) is 14.5 Å². The van der Waals surface area contributed by atoms with Crippen LogP contribution in [0.1, 0.15) is 31.7 Å². The number of anilines is 1. The van der Waals surface area contributed by atoms with Crippen LogP contribution in [0.5, 0.6) is 0 Å². The van der Waals surface area contributed by atoms with Crippen LogP contribution in [0.15, 0.2) is 24.3 Å². The summed E-state index contributed by atoms with van der Waals surface area (Å²) in [5.41, 5.74) is 2.07. The molecule has 0 aromatic heterocycles. The summed E-state index contributed by atoms with van der Waals surface area (Å²) in [5.74, 6) is 0.639. The number of nitrogens with one attached hydrogen (secondary N) is 1. The Morgan fingerprint density at radius 3 is 2.48 bits per heavy atom. The fraction of sp³-hybridized carbons (Fsp3) is 0.556. The van der Waals surface area contributed by atoms with Crippen molar-refractivity contribution >= 4 is 17.5 Å². The van der Waals surface area contributed by atoms with Crippen molar-refractivity contribution in [2.24, 2.45) is 5.92 Å². The molecule has 1 aliphatic heterocycles. The van der Waals surface area contributed by atoms with Crippen LogP contribution in [-0.2, 0) is 16.1 Å². The minimum Gasteiger partial charge on any atom is -0.341 e. The number of hydrogen-bond acceptors (Lipinski definition) is 3. The second-order valence-electron chi connectivity index (χ2n) is 6.61. The average Bonchev–Trinajstić information content (AvgIpc) is 3.35. The summed E-state index contributed by atoms with van der Waals surface area (Å²) < 4.78 is 0. The van der Waals surface area contributed by atoms with Gasteiger partial charge in [-0.15, -0.1) is 0 Å². The number of benzene rings is 1. The first-order valence-corrected chi connectivity index (χ1v) is 8.49. The molecule has 1 saturated carbocycles. The normalized spacial score (nSPS) is 19.3. The maximum absolute atomic E-state index is 12.2. The van der Waals surface area contributed by atoms with E-state index in [1.54, 1.807) is 0 Å². The summed E-state index contributed by atoms with van der Waals surface area (Å²) >= 11 is 0. The van der Waals surface area contributed by atoms with Gasteiger partial charge in [0.15, 0.2) is 0 Å². The van der Waals surface area contributed by atoms with Gasteiger partial charge in [-0.25, -0.2) is 0 Å².